The highest BCUT2D eigenvalue weighted by Crippen LogP contribution is 2.24. The van der Waals surface area contributed by atoms with Crippen molar-refractivity contribution < 1.29 is 4.74 Å². The quantitative estimate of drug-likeness (QED) is 0.828. The molecule has 18 heavy (non-hydrogen) atoms. The molecule has 0 saturated carbocycles. The second-order valence-corrected chi connectivity index (χ2v) is 4.91. The van der Waals surface area contributed by atoms with Gasteiger partial charge in [0.05, 0.1) is 6.61 Å². The van der Waals surface area contributed by atoms with Gasteiger partial charge in [-0.3, -0.25) is 4.90 Å². The Morgan fingerprint density at radius 3 is 2.39 bits per heavy atom. The molecule has 4 heteroatoms. The average Bonchev–Trinajstić information content (AvgIpc) is 2.35. The predicted molar refractivity (Wildman–Crippen MR) is 77.0 cm³/mol. The topological polar surface area (TPSA) is 38.5 Å². The molecule has 0 aliphatic heterocycles. The van der Waals surface area contributed by atoms with E-state index in [1.165, 1.54) is 5.56 Å². The van der Waals surface area contributed by atoms with E-state index in [0.29, 0.717) is 6.61 Å². The van der Waals surface area contributed by atoms with E-state index < -0.39 is 0 Å². The van der Waals surface area contributed by atoms with Crippen LogP contribution in [0.4, 0.5) is 0 Å². The fourth-order valence-electron chi connectivity index (χ4n) is 2.21. The maximum Gasteiger partial charge on any atom is 0.0589 e. The van der Waals surface area contributed by atoms with Crippen LogP contribution in [-0.4, -0.2) is 37.7 Å². The molecule has 0 radical (unpaired) electrons. The standard InChI is InChI=1S/C14H23ClN2O/c1-4-17(9-10-18-3)14(11(2)16)12-5-7-13(15)8-6-12/h5-8,11,14H,4,9-10,16H2,1-3H3. The molecular formula is C14H23ClN2O. The molecule has 0 heterocycles. The minimum absolute atomic E-state index is 0.0583. The van der Waals surface area contributed by atoms with Crippen molar-refractivity contribution in [3.05, 3.63) is 34.9 Å². The molecule has 0 amide bonds. The summed E-state index contributed by atoms with van der Waals surface area (Å²) in [7, 11) is 1.72. The molecule has 0 bridgehead atoms. The molecule has 0 aliphatic carbocycles. The van der Waals surface area contributed by atoms with Crippen LogP contribution in [0, 0.1) is 0 Å². The first-order valence-corrected chi connectivity index (χ1v) is 6.72. The summed E-state index contributed by atoms with van der Waals surface area (Å²) in [4.78, 5) is 2.33. The fraction of sp³-hybridized carbons (Fsp3) is 0.571. The molecule has 1 rings (SSSR count). The molecule has 0 aromatic heterocycles. The zero-order valence-corrected chi connectivity index (χ0v) is 12.2. The van der Waals surface area contributed by atoms with Crippen molar-refractivity contribution in [3.8, 4) is 0 Å². The molecule has 1 aromatic carbocycles. The number of nitrogens with zero attached hydrogens (tertiary/aromatic N) is 1. The number of hydrogen-bond donors (Lipinski definition) is 1. The van der Waals surface area contributed by atoms with Gasteiger partial charge in [-0.1, -0.05) is 30.7 Å². The Hall–Kier alpha value is -0.610. The summed E-state index contributed by atoms with van der Waals surface area (Å²) in [6, 6.07) is 8.18. The summed E-state index contributed by atoms with van der Waals surface area (Å²) >= 11 is 5.93. The zero-order chi connectivity index (χ0) is 13.5. The number of rotatable bonds is 7. The molecule has 0 aliphatic rings. The second-order valence-electron chi connectivity index (χ2n) is 4.48. The molecule has 0 fully saturated rings. The Morgan fingerprint density at radius 1 is 1.33 bits per heavy atom. The van der Waals surface area contributed by atoms with Crippen molar-refractivity contribution in [2.24, 2.45) is 5.73 Å². The summed E-state index contributed by atoms with van der Waals surface area (Å²) in [6.45, 7) is 6.71. The van der Waals surface area contributed by atoms with Gasteiger partial charge in [0.2, 0.25) is 0 Å². The van der Waals surface area contributed by atoms with Gasteiger partial charge in [-0.15, -0.1) is 0 Å². The fourth-order valence-corrected chi connectivity index (χ4v) is 2.34. The van der Waals surface area contributed by atoms with Gasteiger partial charge in [0, 0.05) is 30.8 Å². The van der Waals surface area contributed by atoms with E-state index in [0.717, 1.165) is 18.1 Å². The van der Waals surface area contributed by atoms with Crippen LogP contribution < -0.4 is 5.73 Å². The monoisotopic (exact) mass is 270 g/mol. The minimum atomic E-state index is 0.0583. The van der Waals surface area contributed by atoms with Gasteiger partial charge < -0.3 is 10.5 Å². The Labute approximate surface area is 115 Å². The van der Waals surface area contributed by atoms with Crippen LogP contribution in [0.3, 0.4) is 0 Å². The van der Waals surface area contributed by atoms with Crippen molar-refractivity contribution in [1.82, 2.24) is 4.90 Å². The number of ether oxygens (including phenoxy) is 1. The van der Waals surface area contributed by atoms with Crippen LogP contribution in [0.25, 0.3) is 0 Å². The van der Waals surface area contributed by atoms with Crippen LogP contribution in [0.15, 0.2) is 24.3 Å². The van der Waals surface area contributed by atoms with E-state index in [1.807, 2.05) is 31.2 Å². The van der Waals surface area contributed by atoms with Crippen LogP contribution in [0.2, 0.25) is 5.02 Å². The second kappa shape index (κ2) is 7.74. The molecule has 2 N–H and O–H groups in total. The van der Waals surface area contributed by atoms with Crippen LogP contribution >= 0.6 is 11.6 Å². The molecular weight excluding hydrogens is 248 g/mol. The van der Waals surface area contributed by atoms with E-state index in [1.54, 1.807) is 7.11 Å². The summed E-state index contributed by atoms with van der Waals surface area (Å²) in [5, 5.41) is 0.752. The maximum atomic E-state index is 6.14. The normalized spacial score (nSPS) is 14.8. The van der Waals surface area contributed by atoms with E-state index in [2.05, 4.69) is 11.8 Å². The molecule has 0 saturated heterocycles. The van der Waals surface area contributed by atoms with Crippen molar-refractivity contribution in [1.29, 1.82) is 0 Å². The number of methoxy groups -OCH3 is 1. The van der Waals surface area contributed by atoms with Crippen LogP contribution in [0.1, 0.15) is 25.5 Å². The van der Waals surface area contributed by atoms with E-state index in [4.69, 9.17) is 22.1 Å². The Bertz CT molecular complexity index is 340. The van der Waals surface area contributed by atoms with Gasteiger partial charge in [-0.25, -0.2) is 0 Å². The van der Waals surface area contributed by atoms with E-state index in [9.17, 15) is 0 Å². The molecule has 2 atom stereocenters. The van der Waals surface area contributed by atoms with Gasteiger partial charge in [0.15, 0.2) is 0 Å². The van der Waals surface area contributed by atoms with Crippen molar-refractivity contribution in [3.63, 3.8) is 0 Å². The molecule has 3 nitrogen and oxygen atoms in total. The van der Waals surface area contributed by atoms with Gasteiger partial charge >= 0.3 is 0 Å². The molecule has 1 aromatic rings. The van der Waals surface area contributed by atoms with E-state index >= 15 is 0 Å². The van der Waals surface area contributed by atoms with Crippen molar-refractivity contribution >= 4 is 11.6 Å². The zero-order valence-electron chi connectivity index (χ0n) is 11.4. The lowest BCUT2D eigenvalue weighted by molar-refractivity contribution is 0.115. The summed E-state index contributed by atoms with van der Waals surface area (Å²) in [5.74, 6) is 0. The highest BCUT2D eigenvalue weighted by Gasteiger charge is 2.22. The van der Waals surface area contributed by atoms with Crippen molar-refractivity contribution in [2.75, 3.05) is 26.8 Å². The lowest BCUT2D eigenvalue weighted by atomic mass is 9.99. The lowest BCUT2D eigenvalue weighted by Gasteiger charge is -2.33. The first-order valence-electron chi connectivity index (χ1n) is 6.34. The summed E-state index contributed by atoms with van der Waals surface area (Å²) in [5.41, 5.74) is 7.34. The van der Waals surface area contributed by atoms with Gasteiger partial charge in [0.25, 0.3) is 0 Å². The predicted octanol–water partition coefficient (Wildman–Crippen LogP) is 2.70. The van der Waals surface area contributed by atoms with Crippen LogP contribution in [0.5, 0.6) is 0 Å². The maximum absolute atomic E-state index is 6.14. The van der Waals surface area contributed by atoms with Crippen molar-refractivity contribution in [2.45, 2.75) is 25.9 Å². The number of hydrogen-bond acceptors (Lipinski definition) is 3. The third-order valence-electron chi connectivity index (χ3n) is 3.09. The third-order valence-corrected chi connectivity index (χ3v) is 3.34. The van der Waals surface area contributed by atoms with Gasteiger partial charge in [-0.05, 0) is 31.2 Å². The highest BCUT2D eigenvalue weighted by atomic mass is 35.5. The Balaban J connectivity index is 2.89. The average molecular weight is 271 g/mol. The smallest absolute Gasteiger partial charge is 0.0589 e. The van der Waals surface area contributed by atoms with Crippen LogP contribution in [-0.2, 0) is 4.74 Å². The molecule has 102 valence electrons. The molecule has 2 unspecified atom stereocenters. The molecule has 0 spiro atoms. The minimum Gasteiger partial charge on any atom is -0.383 e. The number of likely N-dealkylation sites (N-methyl/N-ethyl adjacent to an activating group) is 1. The van der Waals surface area contributed by atoms with Gasteiger partial charge in [-0.2, -0.15) is 0 Å². The third kappa shape index (κ3) is 4.25. The summed E-state index contributed by atoms with van der Waals surface area (Å²) in [6.07, 6.45) is 0. The lowest BCUT2D eigenvalue weighted by Crippen LogP contribution is -2.41. The highest BCUT2D eigenvalue weighted by molar-refractivity contribution is 6.30. The Kier molecular flexibility index (Phi) is 6.65. The van der Waals surface area contributed by atoms with E-state index in [-0.39, 0.29) is 12.1 Å². The summed E-state index contributed by atoms with van der Waals surface area (Å²) < 4.78 is 5.16. The van der Waals surface area contributed by atoms with Gasteiger partial charge in [0.1, 0.15) is 0 Å². The Morgan fingerprint density at radius 2 is 1.94 bits per heavy atom. The number of nitrogens with two attached hydrogens (primary N) is 1. The number of benzene rings is 1. The SMILES string of the molecule is CCN(CCOC)C(c1ccc(Cl)cc1)C(C)N. The number of halogens is 1. The largest absolute Gasteiger partial charge is 0.383 e. The first kappa shape index (κ1) is 15.4. The first-order chi connectivity index (χ1) is 8.60.